The predicted molar refractivity (Wildman–Crippen MR) is 79.7 cm³/mol. The van der Waals surface area contributed by atoms with Crippen molar-refractivity contribution in [3.05, 3.63) is 35.4 Å². The second-order valence-corrected chi connectivity index (χ2v) is 6.52. The standard InChI is InChI=1S/C17H23NO2/c1-13-5-4-6-14(11-13)15(19)12-18-10-9-17(2,3)8-7-16(18)20/h4-6,11H,7-10,12H2,1-3H3. The molecule has 0 N–H and O–H groups in total. The summed E-state index contributed by atoms with van der Waals surface area (Å²) in [5.74, 6) is 0.137. The lowest BCUT2D eigenvalue weighted by Crippen LogP contribution is -2.35. The Hall–Kier alpha value is -1.64. The van der Waals surface area contributed by atoms with E-state index in [0.29, 0.717) is 18.5 Å². The minimum Gasteiger partial charge on any atom is -0.335 e. The molecular formula is C17H23NO2. The summed E-state index contributed by atoms with van der Waals surface area (Å²) in [7, 11) is 0. The molecule has 0 saturated carbocycles. The van der Waals surface area contributed by atoms with E-state index in [2.05, 4.69) is 13.8 Å². The van der Waals surface area contributed by atoms with Gasteiger partial charge in [-0.3, -0.25) is 9.59 Å². The number of amides is 1. The van der Waals surface area contributed by atoms with Gasteiger partial charge in [-0.1, -0.05) is 37.6 Å². The zero-order chi connectivity index (χ0) is 14.8. The fourth-order valence-corrected chi connectivity index (χ4v) is 2.54. The molecule has 1 heterocycles. The number of Topliss-reactive ketones (excluding diaryl/α,β-unsaturated/α-hetero) is 1. The summed E-state index contributed by atoms with van der Waals surface area (Å²) in [6.45, 7) is 7.23. The Morgan fingerprint density at radius 1 is 1.30 bits per heavy atom. The zero-order valence-corrected chi connectivity index (χ0v) is 12.6. The molecule has 0 bridgehead atoms. The third-order valence-corrected chi connectivity index (χ3v) is 4.10. The number of likely N-dealkylation sites (tertiary alicyclic amines) is 1. The molecule has 0 aliphatic carbocycles. The van der Waals surface area contributed by atoms with E-state index >= 15 is 0 Å². The van der Waals surface area contributed by atoms with Crippen LogP contribution in [-0.2, 0) is 4.79 Å². The third-order valence-electron chi connectivity index (χ3n) is 4.10. The first-order valence-corrected chi connectivity index (χ1v) is 7.25. The van der Waals surface area contributed by atoms with E-state index in [-0.39, 0.29) is 23.7 Å². The summed E-state index contributed by atoms with van der Waals surface area (Å²) in [4.78, 5) is 26.1. The molecule has 0 spiro atoms. The molecule has 108 valence electrons. The van der Waals surface area contributed by atoms with Crippen molar-refractivity contribution in [2.75, 3.05) is 13.1 Å². The number of carbonyl (C=O) groups excluding carboxylic acids is 2. The highest BCUT2D eigenvalue weighted by molar-refractivity contribution is 5.99. The molecule has 0 unspecified atom stereocenters. The van der Waals surface area contributed by atoms with Crippen molar-refractivity contribution in [2.45, 2.75) is 40.0 Å². The molecule has 0 radical (unpaired) electrons. The van der Waals surface area contributed by atoms with Crippen LogP contribution in [0.5, 0.6) is 0 Å². The van der Waals surface area contributed by atoms with Gasteiger partial charge >= 0.3 is 0 Å². The normalized spacial score (nSPS) is 18.8. The van der Waals surface area contributed by atoms with Crippen LogP contribution in [0.2, 0.25) is 0 Å². The van der Waals surface area contributed by atoms with Gasteiger partial charge in [0.2, 0.25) is 5.91 Å². The maximum absolute atomic E-state index is 12.3. The van der Waals surface area contributed by atoms with Gasteiger partial charge in [-0.15, -0.1) is 0 Å². The summed E-state index contributed by atoms with van der Waals surface area (Å²) in [6.07, 6.45) is 2.41. The molecule has 2 rings (SSSR count). The highest BCUT2D eigenvalue weighted by Gasteiger charge is 2.28. The Morgan fingerprint density at radius 2 is 2.05 bits per heavy atom. The largest absolute Gasteiger partial charge is 0.335 e. The molecular weight excluding hydrogens is 250 g/mol. The summed E-state index contributed by atoms with van der Waals surface area (Å²) in [5, 5.41) is 0. The Kier molecular flexibility index (Phi) is 4.26. The molecule has 1 amide bonds. The van der Waals surface area contributed by atoms with Gasteiger partial charge in [0.25, 0.3) is 0 Å². The first-order chi connectivity index (χ1) is 9.37. The number of benzene rings is 1. The third kappa shape index (κ3) is 3.69. The highest BCUT2D eigenvalue weighted by atomic mass is 16.2. The summed E-state index contributed by atoms with van der Waals surface area (Å²) < 4.78 is 0. The Morgan fingerprint density at radius 3 is 2.75 bits per heavy atom. The SMILES string of the molecule is Cc1cccc(C(=O)CN2CCC(C)(C)CCC2=O)c1. The van der Waals surface area contributed by atoms with Crippen LogP contribution < -0.4 is 0 Å². The number of ketones is 1. The number of hydrogen-bond donors (Lipinski definition) is 0. The molecule has 1 aromatic carbocycles. The zero-order valence-electron chi connectivity index (χ0n) is 12.6. The van der Waals surface area contributed by atoms with E-state index < -0.39 is 0 Å². The van der Waals surface area contributed by atoms with Crippen LogP contribution in [0.15, 0.2) is 24.3 Å². The first-order valence-electron chi connectivity index (χ1n) is 7.25. The van der Waals surface area contributed by atoms with Crippen LogP contribution in [0, 0.1) is 12.3 Å². The van der Waals surface area contributed by atoms with E-state index in [1.54, 1.807) is 4.90 Å². The van der Waals surface area contributed by atoms with Crippen LogP contribution in [0.1, 0.15) is 49.0 Å². The molecule has 1 saturated heterocycles. The van der Waals surface area contributed by atoms with Crippen LogP contribution in [0.3, 0.4) is 0 Å². The molecule has 0 aromatic heterocycles. The van der Waals surface area contributed by atoms with Gasteiger partial charge in [-0.05, 0) is 31.2 Å². The Bertz CT molecular complexity index is 519. The lowest BCUT2D eigenvalue weighted by atomic mass is 9.85. The van der Waals surface area contributed by atoms with Crippen LogP contribution >= 0.6 is 0 Å². The maximum atomic E-state index is 12.3. The molecule has 3 nitrogen and oxygen atoms in total. The Labute approximate surface area is 121 Å². The minimum absolute atomic E-state index is 0.0294. The second-order valence-electron chi connectivity index (χ2n) is 6.52. The van der Waals surface area contributed by atoms with Gasteiger partial charge in [-0.2, -0.15) is 0 Å². The molecule has 1 fully saturated rings. The van der Waals surface area contributed by atoms with Crippen LogP contribution in [0.25, 0.3) is 0 Å². The number of rotatable bonds is 3. The lowest BCUT2D eigenvalue weighted by Gasteiger charge is -2.23. The topological polar surface area (TPSA) is 37.4 Å². The van der Waals surface area contributed by atoms with Crippen molar-refractivity contribution >= 4 is 11.7 Å². The summed E-state index contributed by atoms with van der Waals surface area (Å²) >= 11 is 0. The Balaban J connectivity index is 2.05. The van der Waals surface area contributed by atoms with E-state index in [0.717, 1.165) is 18.4 Å². The number of aryl methyl sites for hydroxylation is 1. The van der Waals surface area contributed by atoms with E-state index in [1.165, 1.54) is 0 Å². The number of nitrogens with zero attached hydrogens (tertiary/aromatic N) is 1. The van der Waals surface area contributed by atoms with Gasteiger partial charge in [0, 0.05) is 18.5 Å². The van der Waals surface area contributed by atoms with E-state index in [9.17, 15) is 9.59 Å². The molecule has 1 aliphatic heterocycles. The van der Waals surface area contributed by atoms with Crippen molar-refractivity contribution in [1.29, 1.82) is 0 Å². The van der Waals surface area contributed by atoms with Gasteiger partial charge < -0.3 is 4.90 Å². The quantitative estimate of drug-likeness (QED) is 0.793. The fraction of sp³-hybridized carbons (Fsp3) is 0.529. The van der Waals surface area contributed by atoms with Gasteiger partial charge in [0.05, 0.1) is 6.54 Å². The second kappa shape index (κ2) is 5.78. The monoisotopic (exact) mass is 273 g/mol. The number of carbonyl (C=O) groups is 2. The van der Waals surface area contributed by atoms with Gasteiger partial charge in [-0.25, -0.2) is 0 Å². The van der Waals surface area contributed by atoms with Crippen molar-refractivity contribution in [3.8, 4) is 0 Å². The van der Waals surface area contributed by atoms with Gasteiger partial charge in [0.1, 0.15) is 0 Å². The van der Waals surface area contributed by atoms with Crippen LogP contribution in [-0.4, -0.2) is 29.7 Å². The van der Waals surface area contributed by atoms with E-state index in [4.69, 9.17) is 0 Å². The minimum atomic E-state index is 0.0294. The smallest absolute Gasteiger partial charge is 0.222 e. The summed E-state index contributed by atoms with van der Waals surface area (Å²) in [6, 6.07) is 7.56. The van der Waals surface area contributed by atoms with Gasteiger partial charge in [0.15, 0.2) is 5.78 Å². The van der Waals surface area contributed by atoms with Crippen molar-refractivity contribution < 1.29 is 9.59 Å². The molecule has 1 aromatic rings. The molecule has 20 heavy (non-hydrogen) atoms. The molecule has 1 aliphatic rings. The fourth-order valence-electron chi connectivity index (χ4n) is 2.54. The predicted octanol–water partition coefficient (Wildman–Crippen LogP) is 3.22. The maximum Gasteiger partial charge on any atom is 0.222 e. The van der Waals surface area contributed by atoms with Crippen molar-refractivity contribution in [2.24, 2.45) is 5.41 Å². The number of hydrogen-bond acceptors (Lipinski definition) is 2. The highest BCUT2D eigenvalue weighted by Crippen LogP contribution is 2.30. The van der Waals surface area contributed by atoms with Crippen LogP contribution in [0.4, 0.5) is 0 Å². The average molecular weight is 273 g/mol. The van der Waals surface area contributed by atoms with Crippen molar-refractivity contribution in [1.82, 2.24) is 4.90 Å². The molecule has 3 heteroatoms. The molecule has 0 atom stereocenters. The van der Waals surface area contributed by atoms with Crippen molar-refractivity contribution in [3.63, 3.8) is 0 Å². The summed E-state index contributed by atoms with van der Waals surface area (Å²) in [5.41, 5.74) is 1.96. The average Bonchev–Trinajstić information content (AvgIpc) is 2.52. The first kappa shape index (κ1) is 14.8. The van der Waals surface area contributed by atoms with E-state index in [1.807, 2.05) is 31.2 Å². The lowest BCUT2D eigenvalue weighted by molar-refractivity contribution is -0.130.